The van der Waals surface area contributed by atoms with Crippen molar-refractivity contribution in [1.29, 1.82) is 0 Å². The zero-order valence-electron chi connectivity index (χ0n) is 21.6. The van der Waals surface area contributed by atoms with Crippen molar-refractivity contribution in [1.82, 2.24) is 9.55 Å². The van der Waals surface area contributed by atoms with Crippen molar-refractivity contribution in [3.8, 4) is 27.9 Å². The van der Waals surface area contributed by atoms with Crippen molar-refractivity contribution in [3.05, 3.63) is 120 Å². The van der Waals surface area contributed by atoms with Crippen molar-refractivity contribution in [2.45, 2.75) is 38.5 Å². The summed E-state index contributed by atoms with van der Waals surface area (Å²) in [4.78, 5) is 4.34. The maximum atomic E-state index is 4.34. The van der Waals surface area contributed by atoms with Gasteiger partial charge in [-0.2, -0.15) is 0 Å². The van der Waals surface area contributed by atoms with E-state index in [1.54, 1.807) is 0 Å². The predicted octanol–water partition coefficient (Wildman–Crippen LogP) is 8.79. The van der Waals surface area contributed by atoms with E-state index in [4.69, 9.17) is 0 Å². The lowest BCUT2D eigenvalue weighted by molar-refractivity contribution is 0.650. The predicted molar refractivity (Wildman–Crippen MR) is 154 cm³/mol. The molecule has 6 aromatic rings. The van der Waals surface area contributed by atoms with Gasteiger partial charge in [-0.3, -0.25) is 4.98 Å². The second kappa shape index (κ2) is 6.77. The van der Waals surface area contributed by atoms with E-state index in [0.717, 1.165) is 5.69 Å². The van der Waals surface area contributed by atoms with Gasteiger partial charge in [0.2, 0.25) is 0 Å². The fourth-order valence-electron chi connectivity index (χ4n) is 7.52. The molecule has 0 spiro atoms. The van der Waals surface area contributed by atoms with Crippen LogP contribution < -0.4 is 0 Å². The number of para-hydroxylation sites is 1. The van der Waals surface area contributed by atoms with Crippen LogP contribution in [0.5, 0.6) is 0 Å². The highest BCUT2D eigenvalue weighted by atomic mass is 15.0. The van der Waals surface area contributed by atoms with Gasteiger partial charge in [0.15, 0.2) is 0 Å². The quantitative estimate of drug-likeness (QED) is 0.232. The van der Waals surface area contributed by atoms with E-state index >= 15 is 0 Å². The smallest absolute Gasteiger partial charge is 0.0594 e. The van der Waals surface area contributed by atoms with Gasteiger partial charge in [0.25, 0.3) is 0 Å². The summed E-state index contributed by atoms with van der Waals surface area (Å²) in [6.07, 6.45) is 3.81. The van der Waals surface area contributed by atoms with E-state index in [-0.39, 0.29) is 10.8 Å². The third-order valence-electron chi connectivity index (χ3n) is 9.02. The number of aromatic nitrogens is 2. The minimum Gasteiger partial charge on any atom is -0.309 e. The SMILES string of the molecule is CC1(C)c2ccccc2-c2c1c1c(c3c2c2ccccc2n3-c2ccncc2)C(C)(C)c2ccccc2-1. The Morgan fingerprint density at radius 2 is 1.16 bits per heavy atom. The first-order valence-electron chi connectivity index (χ1n) is 13.2. The van der Waals surface area contributed by atoms with Gasteiger partial charge in [-0.1, -0.05) is 94.4 Å². The standard InChI is InChI=1S/C35H28N2/c1-34(2)25-14-8-5-11-22(25)28-29-24-13-7-10-16-27(24)37(21-17-19-36-20-18-21)33(29)32-30(31(28)34)23-12-6-9-15-26(23)35(32,3)4/h5-20H,1-4H3. The summed E-state index contributed by atoms with van der Waals surface area (Å²) in [5.41, 5.74) is 14.8. The van der Waals surface area contributed by atoms with Gasteiger partial charge in [-0.15, -0.1) is 0 Å². The molecule has 0 N–H and O–H groups in total. The van der Waals surface area contributed by atoms with Crippen LogP contribution in [-0.2, 0) is 10.8 Å². The van der Waals surface area contributed by atoms with Crippen molar-refractivity contribution < 1.29 is 0 Å². The van der Waals surface area contributed by atoms with E-state index in [2.05, 4.69) is 122 Å². The molecule has 2 aliphatic rings. The van der Waals surface area contributed by atoms with Crippen LogP contribution in [0.3, 0.4) is 0 Å². The van der Waals surface area contributed by atoms with Gasteiger partial charge in [0, 0.05) is 39.7 Å². The molecule has 2 aliphatic carbocycles. The molecule has 2 heterocycles. The van der Waals surface area contributed by atoms with Crippen LogP contribution >= 0.6 is 0 Å². The summed E-state index contributed by atoms with van der Waals surface area (Å²) in [6, 6.07) is 31.3. The first-order chi connectivity index (χ1) is 17.9. The fraction of sp³-hybridized carbons (Fsp3) is 0.171. The number of rotatable bonds is 1. The molecule has 2 nitrogen and oxygen atoms in total. The van der Waals surface area contributed by atoms with Gasteiger partial charge in [0.1, 0.15) is 0 Å². The summed E-state index contributed by atoms with van der Waals surface area (Å²) in [5.74, 6) is 0. The number of nitrogens with zero attached hydrogens (tertiary/aromatic N) is 2. The molecule has 2 heteroatoms. The van der Waals surface area contributed by atoms with E-state index < -0.39 is 0 Å². The van der Waals surface area contributed by atoms with Crippen LogP contribution in [0, 0.1) is 0 Å². The maximum absolute atomic E-state index is 4.34. The molecule has 0 amide bonds. The molecule has 2 aromatic heterocycles. The van der Waals surface area contributed by atoms with Crippen molar-refractivity contribution >= 4 is 21.8 Å². The first-order valence-corrected chi connectivity index (χ1v) is 13.2. The Kier molecular flexibility index (Phi) is 3.84. The maximum Gasteiger partial charge on any atom is 0.0594 e. The lowest BCUT2D eigenvalue weighted by atomic mass is 9.76. The molecule has 0 fully saturated rings. The molecule has 0 atom stereocenters. The molecule has 0 radical (unpaired) electrons. The Morgan fingerprint density at radius 3 is 1.86 bits per heavy atom. The Morgan fingerprint density at radius 1 is 0.595 bits per heavy atom. The average molecular weight is 477 g/mol. The Hall–Kier alpha value is -4.17. The molecule has 8 rings (SSSR count). The van der Waals surface area contributed by atoms with E-state index in [1.807, 2.05) is 12.4 Å². The van der Waals surface area contributed by atoms with Crippen LogP contribution in [0.1, 0.15) is 49.9 Å². The molecular formula is C35H28N2. The third kappa shape index (κ3) is 2.39. The Bertz CT molecular complexity index is 1920. The van der Waals surface area contributed by atoms with E-state index in [9.17, 15) is 0 Å². The van der Waals surface area contributed by atoms with E-state index in [0.29, 0.717) is 0 Å². The lowest BCUT2D eigenvalue weighted by Gasteiger charge is -2.28. The largest absolute Gasteiger partial charge is 0.309 e. The molecule has 37 heavy (non-hydrogen) atoms. The molecule has 0 saturated carbocycles. The van der Waals surface area contributed by atoms with Crippen LogP contribution in [-0.4, -0.2) is 9.55 Å². The zero-order chi connectivity index (χ0) is 25.1. The van der Waals surface area contributed by atoms with Gasteiger partial charge in [-0.25, -0.2) is 0 Å². The molecule has 4 aromatic carbocycles. The summed E-state index contributed by atoms with van der Waals surface area (Å²) in [7, 11) is 0. The third-order valence-corrected chi connectivity index (χ3v) is 9.02. The highest BCUT2D eigenvalue weighted by Crippen LogP contribution is 2.63. The van der Waals surface area contributed by atoms with Crippen LogP contribution in [0.15, 0.2) is 97.3 Å². The minimum atomic E-state index is -0.136. The second-order valence-electron chi connectivity index (χ2n) is 11.6. The summed E-state index contributed by atoms with van der Waals surface area (Å²) in [5, 5.41) is 2.69. The normalized spacial score (nSPS) is 16.0. The lowest BCUT2D eigenvalue weighted by Crippen LogP contribution is -2.19. The molecule has 0 unspecified atom stereocenters. The Labute approximate surface area is 217 Å². The average Bonchev–Trinajstić information content (AvgIpc) is 3.46. The molecule has 178 valence electrons. The minimum absolute atomic E-state index is 0.0996. The molecule has 0 aliphatic heterocycles. The van der Waals surface area contributed by atoms with Crippen LogP contribution in [0.2, 0.25) is 0 Å². The number of hydrogen-bond acceptors (Lipinski definition) is 1. The monoisotopic (exact) mass is 476 g/mol. The number of hydrogen-bond donors (Lipinski definition) is 0. The first kappa shape index (κ1) is 21.0. The van der Waals surface area contributed by atoms with Crippen molar-refractivity contribution in [2.75, 3.05) is 0 Å². The summed E-state index contributed by atoms with van der Waals surface area (Å²) < 4.78 is 2.49. The van der Waals surface area contributed by atoms with Crippen molar-refractivity contribution in [2.24, 2.45) is 0 Å². The van der Waals surface area contributed by atoms with Gasteiger partial charge in [-0.05, 0) is 62.7 Å². The van der Waals surface area contributed by atoms with Gasteiger partial charge in [0.05, 0.1) is 11.0 Å². The van der Waals surface area contributed by atoms with Crippen LogP contribution in [0.25, 0.3) is 49.7 Å². The van der Waals surface area contributed by atoms with Gasteiger partial charge < -0.3 is 4.57 Å². The number of pyridine rings is 1. The Balaban J connectivity index is 1.73. The fourth-order valence-corrected chi connectivity index (χ4v) is 7.52. The topological polar surface area (TPSA) is 17.8 Å². The molecular weight excluding hydrogens is 448 g/mol. The van der Waals surface area contributed by atoms with E-state index in [1.165, 1.54) is 66.3 Å². The highest BCUT2D eigenvalue weighted by Gasteiger charge is 2.47. The number of fused-ring (bicyclic) bond motifs is 12. The van der Waals surface area contributed by atoms with Crippen LogP contribution in [0.4, 0.5) is 0 Å². The summed E-state index contributed by atoms with van der Waals surface area (Å²) >= 11 is 0. The molecule has 0 saturated heterocycles. The zero-order valence-corrected chi connectivity index (χ0v) is 21.6. The molecule has 0 bridgehead atoms. The van der Waals surface area contributed by atoms with Gasteiger partial charge >= 0.3 is 0 Å². The number of benzene rings is 4. The van der Waals surface area contributed by atoms with Crippen molar-refractivity contribution in [3.63, 3.8) is 0 Å². The second-order valence-corrected chi connectivity index (χ2v) is 11.6. The summed E-state index contributed by atoms with van der Waals surface area (Å²) in [6.45, 7) is 9.65. The highest BCUT2D eigenvalue weighted by molar-refractivity contribution is 6.22.